The number of hydrogen-bond donors (Lipinski definition) is 2. The van der Waals surface area contributed by atoms with E-state index in [0.717, 1.165) is 39.8 Å². The molecule has 0 bridgehead atoms. The summed E-state index contributed by atoms with van der Waals surface area (Å²) in [6.07, 6.45) is 0.993. The van der Waals surface area contributed by atoms with Crippen molar-refractivity contribution >= 4 is 11.9 Å². The smallest absolute Gasteiger partial charge is 0.303 e. The van der Waals surface area contributed by atoms with Crippen molar-refractivity contribution in [2.45, 2.75) is 59.6 Å². The summed E-state index contributed by atoms with van der Waals surface area (Å²) >= 11 is 0. The first kappa shape index (κ1) is 29.6. The van der Waals surface area contributed by atoms with Crippen LogP contribution in [0.4, 0.5) is 0 Å². The van der Waals surface area contributed by atoms with Crippen molar-refractivity contribution in [3.63, 3.8) is 0 Å². The van der Waals surface area contributed by atoms with Gasteiger partial charge in [0, 0.05) is 12.0 Å². The second-order valence-electron chi connectivity index (χ2n) is 11.1. The third-order valence-electron chi connectivity index (χ3n) is 7.06. The molecule has 0 saturated carbocycles. The van der Waals surface area contributed by atoms with Gasteiger partial charge in [-0.2, -0.15) is 0 Å². The quantitative estimate of drug-likeness (QED) is 0.187. The van der Waals surface area contributed by atoms with Gasteiger partial charge in [-0.05, 0) is 72.6 Å². The average molecular weight is 550 g/mol. The van der Waals surface area contributed by atoms with E-state index in [1.807, 2.05) is 36.4 Å². The van der Waals surface area contributed by atoms with Crippen LogP contribution in [0, 0.1) is 19.8 Å². The molecule has 1 unspecified atom stereocenters. The Balaban J connectivity index is 1.54. The first-order valence-electron chi connectivity index (χ1n) is 14.2. The van der Waals surface area contributed by atoms with Gasteiger partial charge in [0.05, 0.1) is 6.04 Å². The lowest BCUT2D eigenvalue weighted by atomic mass is 9.93. The van der Waals surface area contributed by atoms with E-state index in [1.54, 1.807) is 12.1 Å². The van der Waals surface area contributed by atoms with Crippen molar-refractivity contribution in [1.29, 1.82) is 0 Å². The molecule has 0 fully saturated rings. The lowest BCUT2D eigenvalue weighted by molar-refractivity contribution is -0.136. The molecule has 0 heterocycles. The fourth-order valence-corrected chi connectivity index (χ4v) is 5.10. The normalized spacial score (nSPS) is 11.7. The summed E-state index contributed by atoms with van der Waals surface area (Å²) < 4.78 is 6.10. The van der Waals surface area contributed by atoms with Crippen LogP contribution in [0.3, 0.4) is 0 Å². The molecule has 0 aliphatic rings. The van der Waals surface area contributed by atoms with Crippen LogP contribution in [0.1, 0.15) is 70.9 Å². The molecule has 4 rings (SSSR count). The summed E-state index contributed by atoms with van der Waals surface area (Å²) in [5.74, 6) is -0.194. The second kappa shape index (κ2) is 13.8. The van der Waals surface area contributed by atoms with Crippen LogP contribution in [0.5, 0.6) is 5.75 Å². The Bertz CT molecular complexity index is 1460. The Morgan fingerprint density at radius 3 is 2.12 bits per heavy atom. The van der Waals surface area contributed by atoms with Crippen molar-refractivity contribution in [3.05, 3.63) is 124 Å². The number of hydrogen-bond acceptors (Lipinski definition) is 3. The molecule has 4 aromatic rings. The maximum atomic E-state index is 13.7. The molecule has 2 N–H and O–H groups in total. The van der Waals surface area contributed by atoms with Crippen molar-refractivity contribution in [2.75, 3.05) is 0 Å². The Morgan fingerprint density at radius 2 is 1.49 bits per heavy atom. The predicted molar refractivity (Wildman–Crippen MR) is 164 cm³/mol. The number of carboxylic acids is 1. The van der Waals surface area contributed by atoms with Crippen LogP contribution in [0.25, 0.3) is 11.1 Å². The van der Waals surface area contributed by atoms with Crippen LogP contribution in [-0.4, -0.2) is 17.0 Å². The fraction of sp³-hybridized carbons (Fsp3) is 0.278. The van der Waals surface area contributed by atoms with Gasteiger partial charge in [-0.1, -0.05) is 104 Å². The predicted octanol–water partition coefficient (Wildman–Crippen LogP) is 8.08. The molecule has 0 radical (unpaired) electrons. The largest absolute Gasteiger partial charge is 0.489 e. The number of aliphatic carboxylic acids is 1. The van der Waals surface area contributed by atoms with Crippen LogP contribution >= 0.6 is 0 Å². The summed E-state index contributed by atoms with van der Waals surface area (Å²) in [7, 11) is 0. The summed E-state index contributed by atoms with van der Waals surface area (Å²) in [6.45, 7) is 8.75. The summed E-state index contributed by atoms with van der Waals surface area (Å²) in [4.78, 5) is 25.0. The van der Waals surface area contributed by atoms with Crippen molar-refractivity contribution < 1.29 is 19.4 Å². The highest BCUT2D eigenvalue weighted by Gasteiger charge is 2.21. The SMILES string of the molecule is Cc1cc(C)cc(C(CC(C)C)NC(=O)c2cc(OCc3ccc(-c4ccccc4)cc3)ccc2CCC(=O)O)c1. The van der Waals surface area contributed by atoms with Crippen molar-refractivity contribution in [1.82, 2.24) is 5.32 Å². The van der Waals surface area contributed by atoms with E-state index in [1.165, 1.54) is 0 Å². The zero-order valence-corrected chi connectivity index (χ0v) is 24.3. The lowest BCUT2D eigenvalue weighted by Gasteiger charge is -2.23. The van der Waals surface area contributed by atoms with E-state index in [9.17, 15) is 14.7 Å². The zero-order valence-electron chi connectivity index (χ0n) is 24.3. The highest BCUT2D eigenvalue weighted by molar-refractivity contribution is 5.96. The summed E-state index contributed by atoms with van der Waals surface area (Å²) in [5, 5.41) is 12.5. The number of amides is 1. The maximum absolute atomic E-state index is 13.7. The van der Waals surface area contributed by atoms with Crippen LogP contribution in [0.2, 0.25) is 0 Å². The monoisotopic (exact) mass is 549 g/mol. The molecule has 0 aromatic heterocycles. The average Bonchev–Trinajstić information content (AvgIpc) is 2.94. The van der Waals surface area contributed by atoms with Crippen molar-refractivity contribution in [2.24, 2.45) is 5.92 Å². The first-order chi connectivity index (χ1) is 19.7. The molecule has 0 aliphatic heterocycles. The number of nitrogens with one attached hydrogen (secondary N) is 1. The minimum atomic E-state index is -0.899. The molecule has 0 spiro atoms. The van der Waals surface area contributed by atoms with E-state index >= 15 is 0 Å². The van der Waals surface area contributed by atoms with E-state index in [4.69, 9.17) is 4.74 Å². The van der Waals surface area contributed by atoms with Crippen LogP contribution in [-0.2, 0) is 17.8 Å². The molecule has 0 saturated heterocycles. The lowest BCUT2D eigenvalue weighted by Crippen LogP contribution is -2.30. The van der Waals surface area contributed by atoms with Crippen LogP contribution in [0.15, 0.2) is 91.0 Å². The highest BCUT2D eigenvalue weighted by Crippen LogP contribution is 2.27. The molecule has 1 amide bonds. The molecule has 4 aromatic carbocycles. The van der Waals surface area contributed by atoms with E-state index in [2.05, 4.69) is 75.5 Å². The van der Waals surface area contributed by atoms with Gasteiger partial charge in [0.1, 0.15) is 12.4 Å². The summed E-state index contributed by atoms with van der Waals surface area (Å²) in [6, 6.07) is 30.0. The summed E-state index contributed by atoms with van der Waals surface area (Å²) in [5.41, 5.74) is 7.81. The number of benzene rings is 4. The number of carbonyl (C=O) groups is 2. The first-order valence-corrected chi connectivity index (χ1v) is 14.2. The zero-order chi connectivity index (χ0) is 29.4. The van der Waals surface area contributed by atoms with E-state index in [-0.39, 0.29) is 24.8 Å². The number of carboxylic acid groups (broad SMARTS) is 1. The van der Waals surface area contributed by atoms with Gasteiger partial charge in [0.15, 0.2) is 0 Å². The van der Waals surface area contributed by atoms with Gasteiger partial charge < -0.3 is 15.2 Å². The second-order valence-corrected chi connectivity index (χ2v) is 11.1. The number of carbonyl (C=O) groups excluding carboxylic acids is 1. The van der Waals surface area contributed by atoms with Gasteiger partial charge >= 0.3 is 5.97 Å². The Hall–Kier alpha value is -4.38. The number of aryl methyl sites for hydroxylation is 3. The molecular weight excluding hydrogens is 510 g/mol. The number of ether oxygens (including phenoxy) is 1. The van der Waals surface area contributed by atoms with E-state index < -0.39 is 5.97 Å². The number of rotatable bonds is 12. The van der Waals surface area contributed by atoms with Gasteiger partial charge in [0.25, 0.3) is 5.91 Å². The topological polar surface area (TPSA) is 75.6 Å². The van der Waals surface area contributed by atoms with Crippen molar-refractivity contribution in [3.8, 4) is 16.9 Å². The standard InChI is InChI=1S/C36H39NO4/c1-24(2)18-34(31-20-25(3)19-26(4)21-31)37-36(40)33-22-32(16-14-30(33)15-17-35(38)39)41-23-27-10-12-29(13-11-27)28-8-6-5-7-9-28/h5-14,16,19-22,24,34H,15,17-18,23H2,1-4H3,(H,37,40)(H,38,39). The third kappa shape index (κ3) is 8.55. The maximum Gasteiger partial charge on any atom is 0.303 e. The minimum Gasteiger partial charge on any atom is -0.489 e. The molecule has 5 heteroatoms. The van der Waals surface area contributed by atoms with Gasteiger partial charge in [0.2, 0.25) is 0 Å². The van der Waals surface area contributed by atoms with Crippen LogP contribution < -0.4 is 10.1 Å². The molecule has 41 heavy (non-hydrogen) atoms. The highest BCUT2D eigenvalue weighted by atomic mass is 16.5. The molecule has 1 atom stereocenters. The van der Waals surface area contributed by atoms with E-state index in [0.29, 0.717) is 29.4 Å². The van der Waals surface area contributed by atoms with Gasteiger partial charge in [-0.25, -0.2) is 0 Å². The molecular formula is C36H39NO4. The van der Waals surface area contributed by atoms with Gasteiger partial charge in [-0.3, -0.25) is 9.59 Å². The molecule has 0 aliphatic carbocycles. The Morgan fingerprint density at radius 1 is 0.829 bits per heavy atom. The molecule has 212 valence electrons. The van der Waals surface area contributed by atoms with Gasteiger partial charge in [-0.15, -0.1) is 0 Å². The fourth-order valence-electron chi connectivity index (χ4n) is 5.10. The molecule has 5 nitrogen and oxygen atoms in total. The Kier molecular flexibility index (Phi) is 9.96. The minimum absolute atomic E-state index is 0.0548. The third-order valence-corrected chi connectivity index (χ3v) is 7.06. The Labute approximate surface area is 243 Å².